The zero-order valence-electron chi connectivity index (χ0n) is 19.2. The number of amides is 2. The summed E-state index contributed by atoms with van der Waals surface area (Å²) in [6, 6.07) is 7.84. The van der Waals surface area contributed by atoms with E-state index in [4.69, 9.17) is 10.5 Å². The highest BCUT2D eigenvalue weighted by molar-refractivity contribution is 7.17. The molecule has 1 heterocycles. The molecule has 3 N–H and O–H groups in total. The molecule has 0 radical (unpaired) electrons. The van der Waals surface area contributed by atoms with E-state index in [1.54, 1.807) is 0 Å². The number of rotatable bonds is 7. The van der Waals surface area contributed by atoms with Gasteiger partial charge in [-0.05, 0) is 66.2 Å². The average Bonchev–Trinajstić information content (AvgIpc) is 3.08. The Kier molecular flexibility index (Phi) is 7.10. The van der Waals surface area contributed by atoms with Crippen LogP contribution in [0.25, 0.3) is 0 Å². The Bertz CT molecular complexity index is 941. The molecule has 0 saturated heterocycles. The summed E-state index contributed by atoms with van der Waals surface area (Å²) in [5.41, 5.74) is 8.62. The van der Waals surface area contributed by atoms with Gasteiger partial charge in [-0.2, -0.15) is 0 Å². The number of primary amides is 1. The lowest BCUT2D eigenvalue weighted by Gasteiger charge is -2.33. The van der Waals surface area contributed by atoms with E-state index in [-0.39, 0.29) is 17.9 Å². The maximum atomic E-state index is 12.5. The van der Waals surface area contributed by atoms with Gasteiger partial charge in [0.2, 0.25) is 0 Å². The molecule has 168 valence electrons. The number of hydrogen-bond donors (Lipinski definition) is 2. The fraction of sp³-hybridized carbons (Fsp3) is 0.520. The largest absolute Gasteiger partial charge is 0.484 e. The molecule has 6 heteroatoms. The number of carbonyl (C=O) groups is 2. The maximum absolute atomic E-state index is 12.5. The lowest BCUT2D eigenvalue weighted by atomic mass is 9.72. The van der Waals surface area contributed by atoms with Crippen LogP contribution >= 0.6 is 11.3 Å². The van der Waals surface area contributed by atoms with Crippen LogP contribution in [-0.2, 0) is 17.6 Å². The minimum atomic E-state index is -0.483. The summed E-state index contributed by atoms with van der Waals surface area (Å²) in [5.74, 6) is 0.913. The lowest BCUT2D eigenvalue weighted by Crippen LogP contribution is -2.27. The van der Waals surface area contributed by atoms with Crippen molar-refractivity contribution in [3.05, 3.63) is 45.8 Å². The Morgan fingerprint density at radius 3 is 2.52 bits per heavy atom. The smallest absolute Gasteiger partial charge is 0.262 e. The Morgan fingerprint density at radius 1 is 1.26 bits per heavy atom. The van der Waals surface area contributed by atoms with Crippen LogP contribution in [0.2, 0.25) is 0 Å². The van der Waals surface area contributed by atoms with Crippen LogP contribution in [-0.4, -0.2) is 18.4 Å². The number of carbonyl (C=O) groups excluding carboxylic acids is 2. The molecule has 0 bridgehead atoms. The third kappa shape index (κ3) is 5.48. The number of hydrogen-bond acceptors (Lipinski definition) is 4. The van der Waals surface area contributed by atoms with Gasteiger partial charge < -0.3 is 15.8 Å². The second-order valence-electron chi connectivity index (χ2n) is 9.59. The molecule has 5 nitrogen and oxygen atoms in total. The zero-order chi connectivity index (χ0) is 22.8. The zero-order valence-corrected chi connectivity index (χ0v) is 20.0. The van der Waals surface area contributed by atoms with E-state index in [0.29, 0.717) is 28.1 Å². The number of anilines is 1. The molecule has 1 aliphatic rings. The molecule has 1 aromatic carbocycles. The Morgan fingerprint density at radius 2 is 1.94 bits per heavy atom. The summed E-state index contributed by atoms with van der Waals surface area (Å²) in [6.45, 7) is 11.0. The number of benzene rings is 1. The van der Waals surface area contributed by atoms with E-state index < -0.39 is 5.91 Å². The SMILES string of the molecule is CC[C@@H](C)c1ccc(OCC(=O)Nc2sc3c(c2C(N)=O)CC[C@H](C(C)(C)C)C3)cc1. The highest BCUT2D eigenvalue weighted by atomic mass is 32.1. The van der Waals surface area contributed by atoms with E-state index in [9.17, 15) is 9.59 Å². The number of nitrogens with one attached hydrogen (secondary N) is 1. The van der Waals surface area contributed by atoms with Gasteiger partial charge >= 0.3 is 0 Å². The van der Waals surface area contributed by atoms with Crippen LogP contribution in [0, 0.1) is 11.3 Å². The molecule has 2 atom stereocenters. The maximum Gasteiger partial charge on any atom is 0.262 e. The first-order valence-corrected chi connectivity index (χ1v) is 11.9. The van der Waals surface area contributed by atoms with E-state index in [1.807, 2.05) is 24.3 Å². The number of nitrogens with two attached hydrogens (primary N) is 1. The molecule has 2 amide bonds. The first kappa shape index (κ1) is 23.3. The first-order chi connectivity index (χ1) is 14.6. The van der Waals surface area contributed by atoms with Gasteiger partial charge in [0.15, 0.2) is 6.61 Å². The van der Waals surface area contributed by atoms with Crippen LogP contribution in [0.15, 0.2) is 24.3 Å². The minimum Gasteiger partial charge on any atom is -0.484 e. The molecule has 0 spiro atoms. The van der Waals surface area contributed by atoms with Crippen LogP contribution < -0.4 is 15.8 Å². The van der Waals surface area contributed by atoms with E-state index in [0.717, 1.165) is 36.1 Å². The molecular weight excluding hydrogens is 408 g/mol. The third-order valence-electron chi connectivity index (χ3n) is 6.42. The van der Waals surface area contributed by atoms with Gasteiger partial charge in [0.1, 0.15) is 10.8 Å². The predicted octanol–water partition coefficient (Wildman–Crippen LogP) is 5.53. The van der Waals surface area contributed by atoms with Crippen LogP contribution in [0.3, 0.4) is 0 Å². The van der Waals surface area contributed by atoms with Crippen LogP contribution in [0.5, 0.6) is 5.75 Å². The van der Waals surface area contributed by atoms with Gasteiger partial charge in [0.25, 0.3) is 11.8 Å². The summed E-state index contributed by atoms with van der Waals surface area (Å²) in [4.78, 5) is 25.9. The van der Waals surface area contributed by atoms with E-state index in [1.165, 1.54) is 16.9 Å². The van der Waals surface area contributed by atoms with Gasteiger partial charge in [-0.3, -0.25) is 9.59 Å². The molecule has 0 unspecified atom stereocenters. The number of fused-ring (bicyclic) bond motifs is 1. The van der Waals surface area contributed by atoms with Gasteiger partial charge in [-0.1, -0.05) is 46.8 Å². The summed E-state index contributed by atoms with van der Waals surface area (Å²) in [6.07, 6.45) is 3.84. The molecular formula is C25H34N2O3S. The van der Waals surface area contributed by atoms with E-state index >= 15 is 0 Å². The molecule has 31 heavy (non-hydrogen) atoms. The number of ether oxygens (including phenoxy) is 1. The van der Waals surface area contributed by atoms with Gasteiger partial charge in [0.05, 0.1) is 5.56 Å². The molecule has 0 saturated carbocycles. The first-order valence-electron chi connectivity index (χ1n) is 11.1. The second kappa shape index (κ2) is 9.43. The molecule has 0 aliphatic heterocycles. The Hall–Kier alpha value is -2.34. The van der Waals surface area contributed by atoms with Gasteiger partial charge in [-0.15, -0.1) is 11.3 Å². The fourth-order valence-corrected chi connectivity index (χ4v) is 5.46. The van der Waals surface area contributed by atoms with Gasteiger partial charge in [0, 0.05) is 4.88 Å². The van der Waals surface area contributed by atoms with Crippen LogP contribution in [0.4, 0.5) is 5.00 Å². The molecule has 2 aromatic rings. The summed E-state index contributed by atoms with van der Waals surface area (Å²) >= 11 is 1.48. The minimum absolute atomic E-state index is 0.117. The molecule has 0 fully saturated rings. The van der Waals surface area contributed by atoms with Crippen molar-refractivity contribution in [1.82, 2.24) is 0 Å². The standard InChI is InChI=1S/C25H34N2O3S/c1-6-15(2)16-7-10-18(11-8-16)30-14-21(28)27-24-22(23(26)29)19-12-9-17(25(3,4)5)13-20(19)31-24/h7-8,10-11,15,17H,6,9,12-14H2,1-5H3,(H2,26,29)(H,27,28)/t15-,17+/m1/s1. The number of thiophene rings is 1. The topological polar surface area (TPSA) is 81.4 Å². The molecule has 3 rings (SSSR count). The molecule has 1 aromatic heterocycles. The Labute approximate surface area is 189 Å². The summed E-state index contributed by atoms with van der Waals surface area (Å²) < 4.78 is 5.65. The quantitative estimate of drug-likeness (QED) is 0.591. The van der Waals surface area contributed by atoms with Crippen molar-refractivity contribution in [2.24, 2.45) is 17.1 Å². The van der Waals surface area contributed by atoms with Crippen molar-refractivity contribution >= 4 is 28.2 Å². The van der Waals surface area contributed by atoms with Crippen molar-refractivity contribution < 1.29 is 14.3 Å². The Balaban J connectivity index is 1.67. The predicted molar refractivity (Wildman–Crippen MR) is 127 cm³/mol. The van der Waals surface area contributed by atoms with Crippen molar-refractivity contribution in [2.75, 3.05) is 11.9 Å². The highest BCUT2D eigenvalue weighted by Crippen LogP contribution is 2.44. The highest BCUT2D eigenvalue weighted by Gasteiger charge is 2.33. The fourth-order valence-electron chi connectivity index (χ4n) is 4.11. The lowest BCUT2D eigenvalue weighted by molar-refractivity contribution is -0.118. The van der Waals surface area contributed by atoms with E-state index in [2.05, 4.69) is 39.9 Å². The van der Waals surface area contributed by atoms with Crippen molar-refractivity contribution in [3.63, 3.8) is 0 Å². The normalized spacial score (nSPS) is 17.0. The second-order valence-corrected chi connectivity index (χ2v) is 10.7. The molecule has 1 aliphatic carbocycles. The van der Waals surface area contributed by atoms with Crippen molar-refractivity contribution in [1.29, 1.82) is 0 Å². The third-order valence-corrected chi connectivity index (χ3v) is 7.59. The van der Waals surface area contributed by atoms with Crippen molar-refractivity contribution in [2.45, 2.75) is 66.2 Å². The summed E-state index contributed by atoms with van der Waals surface area (Å²) in [5, 5.41) is 3.41. The monoisotopic (exact) mass is 442 g/mol. The summed E-state index contributed by atoms with van der Waals surface area (Å²) in [7, 11) is 0. The van der Waals surface area contributed by atoms with Gasteiger partial charge in [-0.25, -0.2) is 0 Å². The van der Waals surface area contributed by atoms with Crippen LogP contribution in [0.1, 0.15) is 79.7 Å². The average molecular weight is 443 g/mol. The van der Waals surface area contributed by atoms with Crippen molar-refractivity contribution in [3.8, 4) is 5.75 Å².